The van der Waals surface area contributed by atoms with E-state index in [0.29, 0.717) is 19.3 Å². The zero-order valence-corrected chi connectivity index (χ0v) is 9.52. The summed E-state index contributed by atoms with van der Waals surface area (Å²) in [6.45, 7) is 1.98. The summed E-state index contributed by atoms with van der Waals surface area (Å²) in [6.07, 6.45) is 3.41. The van der Waals surface area contributed by atoms with Gasteiger partial charge in [-0.05, 0) is 31.9 Å². The summed E-state index contributed by atoms with van der Waals surface area (Å²) in [5.74, 6) is 0.00611. The number of carbonyl (C=O) groups excluding carboxylic acids is 1. The first-order chi connectivity index (χ1) is 7.72. The fourth-order valence-corrected chi connectivity index (χ4v) is 1.40. The maximum Gasteiger partial charge on any atom is 0.220 e. The molecule has 2 N–H and O–H groups in total. The van der Waals surface area contributed by atoms with Gasteiger partial charge >= 0.3 is 0 Å². The summed E-state index contributed by atoms with van der Waals surface area (Å²) >= 11 is 0. The molecular weight excluding hydrogens is 204 g/mol. The lowest BCUT2D eigenvalue weighted by Gasteiger charge is -2.11. The van der Waals surface area contributed by atoms with Crippen LogP contribution in [0.1, 0.15) is 25.5 Å². The Balaban J connectivity index is 2.25. The average Bonchev–Trinajstić information content (AvgIpc) is 2.28. The van der Waals surface area contributed by atoms with Gasteiger partial charge in [0.05, 0.1) is 0 Å². The Kier molecular flexibility index (Phi) is 5.50. The van der Waals surface area contributed by atoms with Gasteiger partial charge in [-0.3, -0.25) is 9.78 Å². The van der Waals surface area contributed by atoms with Crippen molar-refractivity contribution in [2.45, 2.75) is 32.2 Å². The van der Waals surface area contributed by atoms with E-state index >= 15 is 0 Å². The van der Waals surface area contributed by atoms with Gasteiger partial charge in [0.2, 0.25) is 5.91 Å². The predicted molar refractivity (Wildman–Crippen MR) is 61.9 cm³/mol. The molecule has 1 unspecified atom stereocenters. The van der Waals surface area contributed by atoms with Gasteiger partial charge in [-0.2, -0.15) is 0 Å². The molecule has 0 fully saturated rings. The number of aliphatic hydroxyl groups excluding tert-OH is 1. The maximum atomic E-state index is 11.5. The number of pyridine rings is 1. The number of hydrogen-bond donors (Lipinski definition) is 2. The van der Waals surface area contributed by atoms with Crippen molar-refractivity contribution in [1.82, 2.24) is 10.3 Å². The molecule has 1 aromatic heterocycles. The number of aryl methyl sites for hydroxylation is 1. The van der Waals surface area contributed by atoms with E-state index in [1.165, 1.54) is 0 Å². The smallest absolute Gasteiger partial charge is 0.220 e. The highest BCUT2D eigenvalue weighted by Crippen LogP contribution is 1.99. The van der Waals surface area contributed by atoms with Crippen LogP contribution in [-0.4, -0.2) is 28.6 Å². The summed E-state index contributed by atoms with van der Waals surface area (Å²) < 4.78 is 0. The van der Waals surface area contributed by atoms with E-state index < -0.39 is 0 Å². The standard InChI is InChI=1S/C12H18N2O2/c1-10(7-9-15)14-12(16)6-5-11-4-2-3-8-13-11/h2-4,8,10,15H,5-7,9H2,1H3,(H,14,16). The minimum Gasteiger partial charge on any atom is -0.396 e. The summed E-state index contributed by atoms with van der Waals surface area (Å²) in [7, 11) is 0. The largest absolute Gasteiger partial charge is 0.396 e. The molecule has 0 aromatic carbocycles. The third-order valence-electron chi connectivity index (χ3n) is 2.30. The van der Waals surface area contributed by atoms with Gasteiger partial charge in [-0.25, -0.2) is 0 Å². The average molecular weight is 222 g/mol. The van der Waals surface area contributed by atoms with Gasteiger partial charge in [-0.15, -0.1) is 0 Å². The molecule has 0 bridgehead atoms. The molecule has 1 amide bonds. The first kappa shape index (κ1) is 12.6. The molecule has 4 nitrogen and oxygen atoms in total. The fourth-order valence-electron chi connectivity index (χ4n) is 1.40. The zero-order valence-electron chi connectivity index (χ0n) is 9.52. The van der Waals surface area contributed by atoms with E-state index in [-0.39, 0.29) is 18.6 Å². The molecule has 1 aromatic rings. The number of nitrogens with zero attached hydrogens (tertiary/aromatic N) is 1. The second-order valence-corrected chi connectivity index (χ2v) is 3.80. The van der Waals surface area contributed by atoms with Crippen molar-refractivity contribution in [2.24, 2.45) is 0 Å². The Labute approximate surface area is 95.7 Å². The SMILES string of the molecule is CC(CCO)NC(=O)CCc1ccccn1. The molecule has 0 aliphatic carbocycles. The van der Waals surface area contributed by atoms with Crippen LogP contribution in [0.2, 0.25) is 0 Å². The summed E-state index contributed by atoms with van der Waals surface area (Å²) in [4.78, 5) is 15.6. The molecule has 1 heterocycles. The normalized spacial score (nSPS) is 12.1. The van der Waals surface area contributed by atoms with Crippen LogP contribution >= 0.6 is 0 Å². The van der Waals surface area contributed by atoms with Crippen molar-refractivity contribution < 1.29 is 9.90 Å². The molecular formula is C12H18N2O2. The number of aliphatic hydroxyl groups is 1. The third kappa shape index (κ3) is 4.89. The maximum absolute atomic E-state index is 11.5. The lowest BCUT2D eigenvalue weighted by atomic mass is 10.2. The lowest BCUT2D eigenvalue weighted by Crippen LogP contribution is -2.33. The predicted octanol–water partition coefficient (Wildman–Crippen LogP) is 0.901. The molecule has 0 radical (unpaired) electrons. The number of carbonyl (C=O) groups is 1. The Morgan fingerprint density at radius 1 is 1.56 bits per heavy atom. The monoisotopic (exact) mass is 222 g/mol. The van der Waals surface area contributed by atoms with Crippen LogP contribution in [0, 0.1) is 0 Å². The highest BCUT2D eigenvalue weighted by molar-refractivity contribution is 5.76. The topological polar surface area (TPSA) is 62.2 Å². The number of aromatic nitrogens is 1. The van der Waals surface area contributed by atoms with Crippen molar-refractivity contribution in [3.05, 3.63) is 30.1 Å². The van der Waals surface area contributed by atoms with Gasteiger partial charge in [0, 0.05) is 31.0 Å². The van der Waals surface area contributed by atoms with Crippen LogP contribution in [0.4, 0.5) is 0 Å². The van der Waals surface area contributed by atoms with Crippen molar-refractivity contribution in [1.29, 1.82) is 0 Å². The Bertz CT molecular complexity index is 314. The van der Waals surface area contributed by atoms with Crippen LogP contribution in [0.5, 0.6) is 0 Å². The molecule has 0 aliphatic heterocycles. The highest BCUT2D eigenvalue weighted by atomic mass is 16.3. The number of nitrogens with one attached hydrogen (secondary N) is 1. The van der Waals surface area contributed by atoms with E-state index in [1.807, 2.05) is 25.1 Å². The van der Waals surface area contributed by atoms with Crippen LogP contribution in [0.15, 0.2) is 24.4 Å². The quantitative estimate of drug-likeness (QED) is 0.751. The van der Waals surface area contributed by atoms with Gasteiger partial charge in [0.1, 0.15) is 0 Å². The van der Waals surface area contributed by atoms with Crippen LogP contribution in [-0.2, 0) is 11.2 Å². The van der Waals surface area contributed by atoms with Gasteiger partial charge in [-0.1, -0.05) is 6.07 Å². The van der Waals surface area contributed by atoms with Crippen molar-refractivity contribution in [3.8, 4) is 0 Å². The zero-order chi connectivity index (χ0) is 11.8. The van der Waals surface area contributed by atoms with Crippen LogP contribution in [0.3, 0.4) is 0 Å². The van der Waals surface area contributed by atoms with Crippen molar-refractivity contribution in [3.63, 3.8) is 0 Å². The highest BCUT2D eigenvalue weighted by Gasteiger charge is 2.06. The van der Waals surface area contributed by atoms with Crippen LogP contribution < -0.4 is 5.32 Å². The fraction of sp³-hybridized carbons (Fsp3) is 0.500. The van der Waals surface area contributed by atoms with Gasteiger partial charge in [0.15, 0.2) is 0 Å². The summed E-state index contributed by atoms with van der Waals surface area (Å²) in [5, 5.41) is 11.5. The van der Waals surface area contributed by atoms with E-state index in [9.17, 15) is 4.79 Å². The molecule has 1 rings (SSSR count). The third-order valence-corrected chi connectivity index (χ3v) is 2.30. The molecule has 16 heavy (non-hydrogen) atoms. The Morgan fingerprint density at radius 2 is 2.38 bits per heavy atom. The molecule has 0 saturated heterocycles. The molecule has 1 atom stereocenters. The molecule has 0 spiro atoms. The van der Waals surface area contributed by atoms with E-state index in [4.69, 9.17) is 5.11 Å². The van der Waals surface area contributed by atoms with E-state index in [2.05, 4.69) is 10.3 Å². The molecule has 0 aliphatic rings. The van der Waals surface area contributed by atoms with Gasteiger partial charge in [0.25, 0.3) is 0 Å². The second-order valence-electron chi connectivity index (χ2n) is 3.80. The number of amides is 1. The summed E-state index contributed by atoms with van der Waals surface area (Å²) in [5.41, 5.74) is 0.924. The Morgan fingerprint density at radius 3 is 3.00 bits per heavy atom. The van der Waals surface area contributed by atoms with Crippen molar-refractivity contribution in [2.75, 3.05) is 6.61 Å². The molecule has 88 valence electrons. The minimum absolute atomic E-state index is 0.00611. The Hall–Kier alpha value is -1.42. The molecule has 0 saturated carbocycles. The lowest BCUT2D eigenvalue weighted by molar-refractivity contribution is -0.121. The number of rotatable bonds is 6. The molecule has 4 heteroatoms. The van der Waals surface area contributed by atoms with Gasteiger partial charge < -0.3 is 10.4 Å². The first-order valence-corrected chi connectivity index (χ1v) is 5.52. The second kappa shape index (κ2) is 6.95. The van der Waals surface area contributed by atoms with Crippen molar-refractivity contribution >= 4 is 5.91 Å². The van der Waals surface area contributed by atoms with E-state index in [0.717, 1.165) is 5.69 Å². The number of hydrogen-bond acceptors (Lipinski definition) is 3. The van der Waals surface area contributed by atoms with E-state index in [1.54, 1.807) is 6.20 Å². The minimum atomic E-state index is 0.00611. The first-order valence-electron chi connectivity index (χ1n) is 5.52. The summed E-state index contributed by atoms with van der Waals surface area (Å²) in [6, 6.07) is 5.70. The van der Waals surface area contributed by atoms with Crippen LogP contribution in [0.25, 0.3) is 0 Å².